The third-order valence-electron chi connectivity index (χ3n) is 4.41. The molecule has 9 heteroatoms. The average molecular weight is 384 g/mol. The minimum atomic E-state index is -1.47. The molecule has 0 aliphatic heterocycles. The third kappa shape index (κ3) is 3.79. The van der Waals surface area contributed by atoms with Crippen LogP contribution in [0.1, 0.15) is 24.3 Å². The second-order valence-corrected chi connectivity index (χ2v) is 6.55. The second-order valence-electron chi connectivity index (χ2n) is 6.55. The Labute approximate surface area is 159 Å². The van der Waals surface area contributed by atoms with Crippen LogP contribution in [-0.2, 0) is 9.59 Å². The summed E-state index contributed by atoms with van der Waals surface area (Å²) in [5.41, 5.74) is 1.83. The van der Waals surface area contributed by atoms with Gasteiger partial charge in [-0.25, -0.2) is 9.78 Å². The van der Waals surface area contributed by atoms with Crippen molar-refractivity contribution in [2.24, 2.45) is 0 Å². The Hall–Kier alpha value is -3.46. The molecule has 0 aliphatic rings. The number of carboxylic acids is 1. The van der Waals surface area contributed by atoms with E-state index in [-0.39, 0.29) is 5.69 Å². The number of carboxylic acid groups (broad SMARTS) is 1. The third-order valence-corrected chi connectivity index (χ3v) is 4.41. The molecule has 0 aliphatic carbocycles. The lowest BCUT2D eigenvalue weighted by Gasteiger charge is -2.20. The number of aliphatic hydroxyl groups is 1. The summed E-state index contributed by atoms with van der Waals surface area (Å²) in [6, 6.07) is 6.78. The van der Waals surface area contributed by atoms with Crippen LogP contribution in [0.4, 0.5) is 0 Å². The maximum Gasteiger partial charge on any atom is 0.328 e. The molecule has 146 valence electrons. The molecule has 0 radical (unpaired) electrons. The van der Waals surface area contributed by atoms with Crippen LogP contribution in [0.3, 0.4) is 0 Å². The number of aromatic nitrogens is 2. The molecule has 2 heterocycles. The first-order valence-electron chi connectivity index (χ1n) is 8.66. The van der Waals surface area contributed by atoms with Gasteiger partial charge in [-0.3, -0.25) is 9.59 Å². The maximum atomic E-state index is 12.5. The van der Waals surface area contributed by atoms with Gasteiger partial charge in [0, 0.05) is 16.3 Å². The summed E-state index contributed by atoms with van der Waals surface area (Å²) in [6.45, 7) is 2.67. The van der Waals surface area contributed by atoms with Crippen molar-refractivity contribution in [1.29, 1.82) is 0 Å². The van der Waals surface area contributed by atoms with E-state index >= 15 is 0 Å². The van der Waals surface area contributed by atoms with Crippen LogP contribution >= 0.6 is 0 Å². The Morgan fingerprint density at radius 3 is 2.46 bits per heavy atom. The van der Waals surface area contributed by atoms with Crippen LogP contribution in [-0.4, -0.2) is 56.2 Å². The number of nitrogens with zero attached hydrogens (tertiary/aromatic N) is 1. The summed E-state index contributed by atoms with van der Waals surface area (Å²) >= 11 is 0. The van der Waals surface area contributed by atoms with Crippen molar-refractivity contribution in [2.45, 2.75) is 32.0 Å². The Morgan fingerprint density at radius 2 is 1.79 bits per heavy atom. The van der Waals surface area contributed by atoms with Gasteiger partial charge in [0.25, 0.3) is 5.91 Å². The van der Waals surface area contributed by atoms with Crippen molar-refractivity contribution in [3.63, 3.8) is 0 Å². The van der Waals surface area contributed by atoms with E-state index in [2.05, 4.69) is 20.6 Å². The SMILES string of the molecule is CC(NC(=O)c1cc2c(cn1)[nH]c1ccccc12)C(=O)NC(C(=O)O)C(C)O. The highest BCUT2D eigenvalue weighted by Gasteiger charge is 2.27. The zero-order chi connectivity index (χ0) is 20.4. The number of pyridine rings is 1. The van der Waals surface area contributed by atoms with Gasteiger partial charge in [0.1, 0.15) is 11.7 Å². The van der Waals surface area contributed by atoms with E-state index in [0.29, 0.717) is 0 Å². The molecule has 3 atom stereocenters. The molecule has 0 fully saturated rings. The predicted molar refractivity (Wildman–Crippen MR) is 102 cm³/mol. The summed E-state index contributed by atoms with van der Waals surface area (Å²) in [7, 11) is 0. The second kappa shape index (κ2) is 7.65. The fraction of sp³-hybridized carbons (Fsp3) is 0.263. The summed E-state index contributed by atoms with van der Waals surface area (Å²) in [5, 5.41) is 24.9. The van der Waals surface area contributed by atoms with E-state index in [1.165, 1.54) is 13.8 Å². The van der Waals surface area contributed by atoms with Crippen molar-refractivity contribution in [1.82, 2.24) is 20.6 Å². The molecule has 0 saturated heterocycles. The van der Waals surface area contributed by atoms with Crippen LogP contribution in [0.2, 0.25) is 0 Å². The highest BCUT2D eigenvalue weighted by atomic mass is 16.4. The number of aliphatic carboxylic acids is 1. The smallest absolute Gasteiger partial charge is 0.328 e. The fourth-order valence-electron chi connectivity index (χ4n) is 2.88. The van der Waals surface area contributed by atoms with E-state index in [1.54, 1.807) is 12.3 Å². The number of carbonyl (C=O) groups excluding carboxylic acids is 2. The minimum absolute atomic E-state index is 0.127. The average Bonchev–Trinajstić information content (AvgIpc) is 3.03. The van der Waals surface area contributed by atoms with E-state index in [1.807, 2.05) is 24.3 Å². The van der Waals surface area contributed by atoms with Gasteiger partial charge in [0.15, 0.2) is 6.04 Å². The van der Waals surface area contributed by atoms with Crippen molar-refractivity contribution >= 4 is 39.6 Å². The first-order chi connectivity index (χ1) is 13.3. The number of nitrogens with one attached hydrogen (secondary N) is 3. The number of hydrogen-bond donors (Lipinski definition) is 5. The lowest BCUT2D eigenvalue weighted by atomic mass is 10.1. The molecule has 0 bridgehead atoms. The van der Waals surface area contributed by atoms with Gasteiger partial charge in [-0.05, 0) is 26.0 Å². The number of carbonyl (C=O) groups is 3. The van der Waals surface area contributed by atoms with Gasteiger partial charge >= 0.3 is 5.97 Å². The number of para-hydroxylation sites is 1. The highest BCUT2D eigenvalue weighted by molar-refractivity contribution is 6.09. The van der Waals surface area contributed by atoms with Crippen LogP contribution < -0.4 is 10.6 Å². The first-order valence-corrected chi connectivity index (χ1v) is 8.66. The standard InChI is InChI=1S/C19H20N4O5/c1-9(17(25)23-16(10(2)24)19(27)28)21-18(26)14-7-12-11-5-3-4-6-13(11)22-15(12)8-20-14/h3-10,16,22,24H,1-2H3,(H,21,26)(H,23,25)(H,27,28). The number of rotatable bonds is 6. The summed E-state index contributed by atoms with van der Waals surface area (Å²) in [4.78, 5) is 43.0. The summed E-state index contributed by atoms with van der Waals surface area (Å²) in [5.74, 6) is -2.66. The quantitative estimate of drug-likeness (QED) is 0.425. The number of H-pyrrole nitrogens is 1. The molecule has 3 unspecified atom stereocenters. The van der Waals surface area contributed by atoms with E-state index in [4.69, 9.17) is 5.11 Å². The van der Waals surface area contributed by atoms with Crippen LogP contribution in [0.5, 0.6) is 0 Å². The lowest BCUT2D eigenvalue weighted by molar-refractivity contribution is -0.145. The van der Waals surface area contributed by atoms with Gasteiger partial charge in [-0.1, -0.05) is 18.2 Å². The molecule has 3 rings (SSSR count). The normalized spacial score (nSPS) is 14.4. The van der Waals surface area contributed by atoms with Crippen molar-refractivity contribution in [3.05, 3.63) is 42.2 Å². The van der Waals surface area contributed by atoms with Gasteiger partial charge in [0.2, 0.25) is 5.91 Å². The van der Waals surface area contributed by atoms with Crippen LogP contribution in [0.15, 0.2) is 36.5 Å². The Balaban J connectivity index is 1.75. The molecule has 2 aromatic heterocycles. The number of fused-ring (bicyclic) bond motifs is 3. The Bertz CT molecular complexity index is 1060. The Morgan fingerprint density at radius 1 is 1.07 bits per heavy atom. The van der Waals surface area contributed by atoms with Gasteiger partial charge < -0.3 is 25.8 Å². The molecular weight excluding hydrogens is 364 g/mol. The zero-order valence-corrected chi connectivity index (χ0v) is 15.3. The molecule has 9 nitrogen and oxygen atoms in total. The molecule has 28 heavy (non-hydrogen) atoms. The van der Waals surface area contributed by atoms with Crippen molar-refractivity contribution in [3.8, 4) is 0 Å². The fourth-order valence-corrected chi connectivity index (χ4v) is 2.88. The van der Waals surface area contributed by atoms with Crippen LogP contribution in [0.25, 0.3) is 21.8 Å². The molecule has 0 saturated carbocycles. The van der Waals surface area contributed by atoms with Crippen LogP contribution in [0, 0.1) is 0 Å². The van der Waals surface area contributed by atoms with Crippen molar-refractivity contribution in [2.75, 3.05) is 0 Å². The Kier molecular flexibility index (Phi) is 5.27. The van der Waals surface area contributed by atoms with Gasteiger partial charge in [-0.2, -0.15) is 0 Å². The lowest BCUT2D eigenvalue weighted by Crippen LogP contribution is -2.53. The minimum Gasteiger partial charge on any atom is -0.480 e. The molecule has 1 aromatic carbocycles. The van der Waals surface area contributed by atoms with E-state index in [9.17, 15) is 19.5 Å². The molecule has 3 aromatic rings. The summed E-state index contributed by atoms with van der Waals surface area (Å²) < 4.78 is 0. The number of benzene rings is 1. The predicted octanol–water partition coefficient (Wildman–Crippen LogP) is 0.785. The number of hydrogen-bond acceptors (Lipinski definition) is 5. The number of aromatic amines is 1. The van der Waals surface area contributed by atoms with E-state index < -0.39 is 36.0 Å². The summed E-state index contributed by atoms with van der Waals surface area (Å²) in [6.07, 6.45) is 0.262. The zero-order valence-electron chi connectivity index (χ0n) is 15.3. The van der Waals surface area contributed by atoms with Crippen molar-refractivity contribution < 1.29 is 24.6 Å². The number of amides is 2. The topological polar surface area (TPSA) is 144 Å². The highest BCUT2D eigenvalue weighted by Crippen LogP contribution is 2.24. The van der Waals surface area contributed by atoms with E-state index in [0.717, 1.165) is 21.8 Å². The maximum absolute atomic E-state index is 12.5. The number of aliphatic hydroxyl groups excluding tert-OH is 1. The largest absolute Gasteiger partial charge is 0.480 e. The van der Waals surface area contributed by atoms with Gasteiger partial charge in [-0.15, -0.1) is 0 Å². The molecule has 2 amide bonds. The monoisotopic (exact) mass is 384 g/mol. The first kappa shape index (κ1) is 19.3. The molecule has 0 spiro atoms. The van der Waals surface area contributed by atoms with Gasteiger partial charge in [0.05, 0.1) is 17.8 Å². The molecular formula is C19H20N4O5. The molecule has 5 N–H and O–H groups in total.